The molecule has 4 heteroatoms. The average Bonchev–Trinajstić information content (AvgIpc) is 2.71. The number of imidazole rings is 1. The van der Waals surface area contributed by atoms with E-state index >= 15 is 0 Å². The smallest absolute Gasteiger partial charge is 0.329 e. The Morgan fingerprint density at radius 1 is 1.00 bits per heavy atom. The van der Waals surface area contributed by atoms with Crippen LogP contribution in [-0.4, -0.2) is 20.8 Å². The number of para-hydroxylation sites is 2. The van der Waals surface area contributed by atoms with Gasteiger partial charge in [0.15, 0.2) is 0 Å². The van der Waals surface area contributed by atoms with Crippen LogP contribution >= 0.6 is 0 Å². The van der Waals surface area contributed by atoms with Gasteiger partial charge in [0.25, 0.3) is 0 Å². The van der Waals surface area contributed by atoms with Gasteiger partial charge in [-0.2, -0.15) is 0 Å². The summed E-state index contributed by atoms with van der Waals surface area (Å²) in [5.41, 5.74) is 2.13. The van der Waals surface area contributed by atoms with Crippen molar-refractivity contribution in [3.63, 3.8) is 0 Å². The molecule has 4 nitrogen and oxygen atoms in total. The first-order valence-electron chi connectivity index (χ1n) is 7.08. The molecule has 0 saturated carbocycles. The van der Waals surface area contributed by atoms with E-state index in [0.29, 0.717) is 6.54 Å². The number of aromatic nitrogens is 2. The third-order valence-corrected chi connectivity index (χ3v) is 3.53. The van der Waals surface area contributed by atoms with Gasteiger partial charge in [-0.1, -0.05) is 25.0 Å². The Balaban J connectivity index is 2.18. The highest BCUT2D eigenvalue weighted by Crippen LogP contribution is 2.13. The summed E-state index contributed by atoms with van der Waals surface area (Å²) in [7, 11) is 0. The van der Waals surface area contributed by atoms with Gasteiger partial charge in [-0.3, -0.25) is 9.13 Å². The Morgan fingerprint density at radius 2 is 1.63 bits per heavy atom. The van der Waals surface area contributed by atoms with Gasteiger partial charge in [0, 0.05) is 19.7 Å². The number of hydrogen-bond donors (Lipinski definition) is 1. The molecule has 0 fully saturated rings. The van der Waals surface area contributed by atoms with E-state index in [4.69, 9.17) is 5.11 Å². The van der Waals surface area contributed by atoms with Crippen LogP contribution in [-0.2, 0) is 13.1 Å². The van der Waals surface area contributed by atoms with Gasteiger partial charge >= 0.3 is 5.69 Å². The molecule has 0 aliphatic rings. The summed E-state index contributed by atoms with van der Waals surface area (Å²) in [6.07, 6.45) is 3.92. The van der Waals surface area contributed by atoms with Crippen LogP contribution in [0.3, 0.4) is 0 Å². The standard InChI is InChI=1S/C15H22N2O2/c1-2-16-13-9-5-6-10-14(13)17(15(16)19)11-7-3-4-8-12-18/h5-6,9-10,18H,2-4,7-8,11-12H2,1H3. The number of unbranched alkanes of at least 4 members (excludes halogenated alkanes) is 3. The predicted molar refractivity (Wildman–Crippen MR) is 77.4 cm³/mol. The Hall–Kier alpha value is -1.55. The van der Waals surface area contributed by atoms with Crippen LogP contribution in [0, 0.1) is 0 Å². The van der Waals surface area contributed by atoms with E-state index in [1.807, 2.05) is 40.3 Å². The fourth-order valence-corrected chi connectivity index (χ4v) is 2.53. The number of aliphatic hydroxyl groups is 1. The van der Waals surface area contributed by atoms with Crippen LogP contribution < -0.4 is 5.69 Å². The van der Waals surface area contributed by atoms with E-state index < -0.39 is 0 Å². The number of aryl methyl sites for hydroxylation is 2. The van der Waals surface area contributed by atoms with E-state index in [-0.39, 0.29) is 12.3 Å². The molecule has 0 bridgehead atoms. The van der Waals surface area contributed by atoms with Gasteiger partial charge in [0.1, 0.15) is 0 Å². The summed E-state index contributed by atoms with van der Waals surface area (Å²) in [4.78, 5) is 12.3. The lowest BCUT2D eigenvalue weighted by Gasteiger charge is -2.03. The summed E-state index contributed by atoms with van der Waals surface area (Å²) in [6.45, 7) is 3.73. The van der Waals surface area contributed by atoms with Crippen LogP contribution in [0.2, 0.25) is 0 Å². The number of hydrogen-bond acceptors (Lipinski definition) is 2. The topological polar surface area (TPSA) is 47.2 Å². The second kappa shape index (κ2) is 6.57. The lowest BCUT2D eigenvalue weighted by Crippen LogP contribution is -2.23. The predicted octanol–water partition coefficient (Wildman–Crippen LogP) is 2.38. The maximum atomic E-state index is 12.3. The van der Waals surface area contributed by atoms with Crippen LogP contribution in [0.4, 0.5) is 0 Å². The van der Waals surface area contributed by atoms with Crippen molar-refractivity contribution in [1.82, 2.24) is 9.13 Å². The molecule has 0 unspecified atom stereocenters. The monoisotopic (exact) mass is 262 g/mol. The summed E-state index contributed by atoms with van der Waals surface area (Å²) in [5, 5.41) is 8.74. The second-order valence-electron chi connectivity index (χ2n) is 4.81. The molecule has 19 heavy (non-hydrogen) atoms. The fraction of sp³-hybridized carbons (Fsp3) is 0.533. The first-order valence-corrected chi connectivity index (χ1v) is 7.08. The SMILES string of the molecule is CCn1c(=O)n(CCCCCCO)c2ccccc21. The van der Waals surface area contributed by atoms with Gasteiger partial charge in [-0.15, -0.1) is 0 Å². The van der Waals surface area contributed by atoms with Gasteiger partial charge in [0.05, 0.1) is 11.0 Å². The van der Waals surface area contributed by atoms with E-state index in [0.717, 1.165) is 43.3 Å². The van der Waals surface area contributed by atoms with E-state index in [1.165, 1.54) is 0 Å². The molecule has 0 atom stereocenters. The first-order chi connectivity index (χ1) is 9.29. The van der Waals surface area contributed by atoms with E-state index in [1.54, 1.807) is 0 Å². The highest BCUT2D eigenvalue weighted by Gasteiger charge is 2.10. The van der Waals surface area contributed by atoms with Gasteiger partial charge < -0.3 is 5.11 Å². The quantitative estimate of drug-likeness (QED) is 0.779. The lowest BCUT2D eigenvalue weighted by atomic mass is 10.2. The molecular weight excluding hydrogens is 240 g/mol. The minimum absolute atomic E-state index is 0.0888. The zero-order valence-electron chi connectivity index (χ0n) is 11.5. The zero-order valence-corrected chi connectivity index (χ0v) is 11.5. The molecule has 104 valence electrons. The molecule has 0 saturated heterocycles. The maximum Gasteiger partial charge on any atom is 0.329 e. The normalized spacial score (nSPS) is 11.3. The molecule has 0 aliphatic carbocycles. The molecular formula is C15H22N2O2. The minimum Gasteiger partial charge on any atom is -0.396 e. The second-order valence-corrected chi connectivity index (χ2v) is 4.81. The zero-order chi connectivity index (χ0) is 13.7. The Morgan fingerprint density at radius 3 is 2.26 bits per heavy atom. The number of rotatable bonds is 7. The average molecular weight is 262 g/mol. The van der Waals surface area contributed by atoms with Crippen LogP contribution in [0.5, 0.6) is 0 Å². The van der Waals surface area contributed by atoms with E-state index in [9.17, 15) is 4.79 Å². The Kier molecular flexibility index (Phi) is 4.80. The van der Waals surface area contributed by atoms with Crippen molar-refractivity contribution in [1.29, 1.82) is 0 Å². The summed E-state index contributed by atoms with van der Waals surface area (Å²) in [5.74, 6) is 0. The van der Waals surface area contributed by atoms with Crippen molar-refractivity contribution in [2.45, 2.75) is 45.7 Å². The number of fused-ring (bicyclic) bond motifs is 1. The molecule has 1 N–H and O–H groups in total. The van der Waals surface area contributed by atoms with Gasteiger partial charge in [-0.25, -0.2) is 4.79 Å². The van der Waals surface area contributed by atoms with Crippen molar-refractivity contribution in [3.05, 3.63) is 34.7 Å². The molecule has 0 amide bonds. The van der Waals surface area contributed by atoms with Crippen LogP contribution in [0.25, 0.3) is 11.0 Å². The van der Waals surface area contributed by atoms with Gasteiger partial charge in [0.2, 0.25) is 0 Å². The summed E-state index contributed by atoms with van der Waals surface area (Å²) in [6, 6.07) is 7.96. The molecule has 0 spiro atoms. The van der Waals surface area contributed by atoms with E-state index in [2.05, 4.69) is 0 Å². The maximum absolute atomic E-state index is 12.3. The number of nitrogens with zero attached hydrogens (tertiary/aromatic N) is 2. The largest absolute Gasteiger partial charge is 0.396 e. The highest BCUT2D eigenvalue weighted by atomic mass is 16.2. The Labute approximate surface area is 113 Å². The molecule has 1 heterocycles. The van der Waals surface area contributed by atoms with Crippen molar-refractivity contribution in [2.75, 3.05) is 6.61 Å². The molecule has 2 rings (SSSR count). The highest BCUT2D eigenvalue weighted by molar-refractivity contribution is 5.75. The van der Waals surface area contributed by atoms with Crippen molar-refractivity contribution < 1.29 is 5.11 Å². The molecule has 2 aromatic rings. The van der Waals surface area contributed by atoms with Crippen molar-refractivity contribution >= 4 is 11.0 Å². The van der Waals surface area contributed by atoms with Crippen LogP contribution in [0.15, 0.2) is 29.1 Å². The molecule has 0 aliphatic heterocycles. The fourth-order valence-electron chi connectivity index (χ4n) is 2.53. The van der Waals surface area contributed by atoms with Gasteiger partial charge in [-0.05, 0) is 31.9 Å². The summed E-state index contributed by atoms with van der Waals surface area (Å²) < 4.78 is 3.70. The number of benzene rings is 1. The first kappa shape index (κ1) is 13.9. The molecule has 1 aromatic carbocycles. The third-order valence-electron chi connectivity index (χ3n) is 3.53. The molecule has 1 aromatic heterocycles. The number of aliphatic hydroxyl groups excluding tert-OH is 1. The molecule has 0 radical (unpaired) electrons. The van der Waals surface area contributed by atoms with Crippen molar-refractivity contribution in [2.24, 2.45) is 0 Å². The lowest BCUT2D eigenvalue weighted by molar-refractivity contribution is 0.282. The third kappa shape index (κ3) is 2.89. The van der Waals surface area contributed by atoms with Crippen LogP contribution in [0.1, 0.15) is 32.6 Å². The minimum atomic E-state index is 0.0888. The van der Waals surface area contributed by atoms with Crippen molar-refractivity contribution in [3.8, 4) is 0 Å². The summed E-state index contributed by atoms with van der Waals surface area (Å²) >= 11 is 0. The Bertz CT molecular complexity index is 583.